The lowest BCUT2D eigenvalue weighted by Gasteiger charge is -2.42. The number of hydrogen-bond donors (Lipinski definition) is 2. The average molecular weight is 253 g/mol. The minimum absolute atomic E-state index is 0.0446. The Balaban J connectivity index is 3.20. The second-order valence-corrected chi connectivity index (χ2v) is 5.21. The Labute approximate surface area is 109 Å². The normalized spacial score (nSPS) is 16.7. The number of likely N-dealkylation sites (N-methyl/N-ethyl adjacent to an activating group) is 1. The largest absolute Gasteiger partial charge is 0.302 e. The first-order chi connectivity index (χ1) is 8.36. The van der Waals surface area contributed by atoms with Gasteiger partial charge in [0.2, 0.25) is 0 Å². The summed E-state index contributed by atoms with van der Waals surface area (Å²) in [4.78, 5) is 2.15. The summed E-state index contributed by atoms with van der Waals surface area (Å²) in [6, 6.07) is 5.11. The van der Waals surface area contributed by atoms with E-state index in [9.17, 15) is 4.39 Å². The summed E-state index contributed by atoms with van der Waals surface area (Å²) >= 11 is 0. The second-order valence-electron chi connectivity index (χ2n) is 5.21. The van der Waals surface area contributed by atoms with E-state index in [0.29, 0.717) is 5.56 Å². The lowest BCUT2D eigenvalue weighted by Crippen LogP contribution is -2.53. The van der Waals surface area contributed by atoms with Crippen molar-refractivity contribution in [1.29, 1.82) is 0 Å². The number of rotatable bonds is 5. The molecule has 3 N–H and O–H groups in total. The molecule has 4 heteroatoms. The monoisotopic (exact) mass is 253 g/mol. The molecule has 18 heavy (non-hydrogen) atoms. The molecule has 0 aliphatic rings. The molecular weight excluding hydrogens is 229 g/mol. The summed E-state index contributed by atoms with van der Waals surface area (Å²) in [5.74, 6) is 5.54. The highest BCUT2D eigenvalue weighted by Crippen LogP contribution is 2.32. The summed E-state index contributed by atoms with van der Waals surface area (Å²) in [7, 11) is 4.06. The van der Waals surface area contributed by atoms with Crippen molar-refractivity contribution in [2.24, 2.45) is 5.84 Å². The first-order valence-corrected chi connectivity index (χ1v) is 6.26. The number of nitrogens with two attached hydrogens (primary N) is 1. The van der Waals surface area contributed by atoms with E-state index < -0.39 is 0 Å². The first kappa shape index (κ1) is 15.1. The Hall–Kier alpha value is -0.970. The third kappa shape index (κ3) is 2.71. The van der Waals surface area contributed by atoms with Gasteiger partial charge in [0.05, 0.1) is 6.04 Å². The maximum Gasteiger partial charge on any atom is 0.126 e. The zero-order valence-electron chi connectivity index (χ0n) is 11.9. The molecule has 0 aliphatic carbocycles. The van der Waals surface area contributed by atoms with Gasteiger partial charge in [-0.15, -0.1) is 0 Å². The first-order valence-electron chi connectivity index (χ1n) is 6.26. The van der Waals surface area contributed by atoms with Gasteiger partial charge in [-0.25, -0.2) is 4.39 Å². The third-order valence-electron chi connectivity index (χ3n) is 4.04. The van der Waals surface area contributed by atoms with Crippen molar-refractivity contribution in [1.82, 2.24) is 10.3 Å². The van der Waals surface area contributed by atoms with Crippen LogP contribution in [0.4, 0.5) is 4.39 Å². The molecule has 102 valence electrons. The molecule has 0 fully saturated rings. The van der Waals surface area contributed by atoms with Gasteiger partial charge >= 0.3 is 0 Å². The molecule has 2 unspecified atom stereocenters. The van der Waals surface area contributed by atoms with Crippen LogP contribution in [0.15, 0.2) is 18.2 Å². The van der Waals surface area contributed by atoms with E-state index in [4.69, 9.17) is 5.84 Å². The van der Waals surface area contributed by atoms with Gasteiger partial charge < -0.3 is 4.90 Å². The SMILES string of the molecule is CCC(C)(C(NN)c1ccc(F)c(C)c1)N(C)C. The van der Waals surface area contributed by atoms with Gasteiger partial charge in [-0.2, -0.15) is 0 Å². The van der Waals surface area contributed by atoms with E-state index in [1.54, 1.807) is 13.0 Å². The molecule has 0 aromatic heterocycles. The molecule has 1 aromatic carbocycles. The number of hydrazine groups is 1. The van der Waals surface area contributed by atoms with Gasteiger partial charge in [0.25, 0.3) is 0 Å². The van der Waals surface area contributed by atoms with Crippen molar-refractivity contribution < 1.29 is 4.39 Å². The van der Waals surface area contributed by atoms with Gasteiger partial charge in [0.15, 0.2) is 0 Å². The zero-order chi connectivity index (χ0) is 13.9. The van der Waals surface area contributed by atoms with E-state index in [1.165, 1.54) is 6.07 Å². The molecule has 3 nitrogen and oxygen atoms in total. The topological polar surface area (TPSA) is 41.3 Å². The molecular formula is C14H24FN3. The number of benzene rings is 1. The minimum atomic E-state index is -0.183. The van der Waals surface area contributed by atoms with Gasteiger partial charge in [0.1, 0.15) is 5.82 Å². The molecule has 0 heterocycles. The predicted octanol–water partition coefficient (Wildman–Crippen LogP) is 2.37. The van der Waals surface area contributed by atoms with Crippen LogP contribution in [0.2, 0.25) is 0 Å². The number of aryl methyl sites for hydroxylation is 1. The van der Waals surface area contributed by atoms with E-state index in [2.05, 4.69) is 24.2 Å². The fraction of sp³-hybridized carbons (Fsp3) is 0.571. The molecule has 0 aliphatic heterocycles. The average Bonchev–Trinajstić information content (AvgIpc) is 2.33. The maximum atomic E-state index is 13.3. The Morgan fingerprint density at radius 2 is 2.06 bits per heavy atom. The Bertz CT molecular complexity index is 406. The standard InChI is InChI=1S/C14H24FN3/c1-6-14(3,18(4)5)13(17-16)11-7-8-12(15)10(2)9-11/h7-9,13,17H,6,16H2,1-5H3. The summed E-state index contributed by atoms with van der Waals surface area (Å²) in [5, 5.41) is 0. The van der Waals surface area contributed by atoms with Crippen LogP contribution in [-0.4, -0.2) is 24.5 Å². The van der Waals surface area contributed by atoms with Crippen molar-refractivity contribution in [3.8, 4) is 0 Å². The Morgan fingerprint density at radius 3 is 2.44 bits per heavy atom. The zero-order valence-corrected chi connectivity index (χ0v) is 11.9. The third-order valence-corrected chi connectivity index (χ3v) is 4.04. The van der Waals surface area contributed by atoms with Gasteiger partial charge in [-0.05, 0) is 51.6 Å². The van der Waals surface area contributed by atoms with Crippen molar-refractivity contribution in [3.05, 3.63) is 35.1 Å². The quantitative estimate of drug-likeness (QED) is 0.625. The summed E-state index contributed by atoms with van der Waals surface area (Å²) in [6.45, 7) is 6.04. The molecule has 0 bridgehead atoms. The van der Waals surface area contributed by atoms with Gasteiger partial charge in [-0.3, -0.25) is 11.3 Å². The van der Waals surface area contributed by atoms with E-state index >= 15 is 0 Å². The van der Waals surface area contributed by atoms with Crippen molar-refractivity contribution in [2.75, 3.05) is 14.1 Å². The summed E-state index contributed by atoms with van der Waals surface area (Å²) in [6.07, 6.45) is 0.936. The lowest BCUT2D eigenvalue weighted by atomic mass is 9.83. The molecule has 0 amide bonds. The smallest absolute Gasteiger partial charge is 0.126 e. The van der Waals surface area contributed by atoms with Gasteiger partial charge in [-0.1, -0.05) is 19.1 Å². The minimum Gasteiger partial charge on any atom is -0.302 e. The molecule has 2 atom stereocenters. The van der Waals surface area contributed by atoms with Crippen LogP contribution in [0.25, 0.3) is 0 Å². The molecule has 0 spiro atoms. The number of halogens is 1. The number of nitrogens with zero attached hydrogens (tertiary/aromatic N) is 1. The van der Waals surface area contributed by atoms with Crippen LogP contribution >= 0.6 is 0 Å². The maximum absolute atomic E-state index is 13.3. The highest BCUT2D eigenvalue weighted by atomic mass is 19.1. The van der Waals surface area contributed by atoms with E-state index in [1.807, 2.05) is 20.2 Å². The van der Waals surface area contributed by atoms with Crippen molar-refractivity contribution in [3.63, 3.8) is 0 Å². The summed E-state index contributed by atoms with van der Waals surface area (Å²) < 4.78 is 13.3. The fourth-order valence-electron chi connectivity index (χ4n) is 2.26. The molecule has 0 saturated carbocycles. The molecule has 1 aromatic rings. The predicted molar refractivity (Wildman–Crippen MR) is 73.6 cm³/mol. The van der Waals surface area contributed by atoms with Crippen molar-refractivity contribution >= 4 is 0 Å². The van der Waals surface area contributed by atoms with Crippen molar-refractivity contribution in [2.45, 2.75) is 38.8 Å². The number of nitrogens with one attached hydrogen (secondary N) is 1. The number of hydrogen-bond acceptors (Lipinski definition) is 3. The molecule has 1 rings (SSSR count). The molecule has 0 saturated heterocycles. The van der Waals surface area contributed by atoms with Crippen LogP contribution in [0, 0.1) is 12.7 Å². The van der Waals surface area contributed by atoms with E-state index in [-0.39, 0.29) is 17.4 Å². The van der Waals surface area contributed by atoms with Crippen LogP contribution in [0.5, 0.6) is 0 Å². The molecule has 0 radical (unpaired) electrons. The van der Waals surface area contributed by atoms with Crippen LogP contribution < -0.4 is 11.3 Å². The van der Waals surface area contributed by atoms with Crippen LogP contribution in [0.3, 0.4) is 0 Å². The van der Waals surface area contributed by atoms with Crippen LogP contribution in [-0.2, 0) is 0 Å². The Morgan fingerprint density at radius 1 is 1.44 bits per heavy atom. The van der Waals surface area contributed by atoms with E-state index in [0.717, 1.165) is 12.0 Å². The summed E-state index contributed by atoms with van der Waals surface area (Å²) in [5.41, 5.74) is 4.40. The van der Waals surface area contributed by atoms with Crippen LogP contribution in [0.1, 0.15) is 37.4 Å². The highest BCUT2D eigenvalue weighted by Gasteiger charge is 2.35. The van der Waals surface area contributed by atoms with Gasteiger partial charge in [0, 0.05) is 5.54 Å². The highest BCUT2D eigenvalue weighted by molar-refractivity contribution is 5.28. The second kappa shape index (κ2) is 5.78. The fourth-order valence-corrected chi connectivity index (χ4v) is 2.26. The Kier molecular flexibility index (Phi) is 4.85. The lowest BCUT2D eigenvalue weighted by molar-refractivity contribution is 0.113.